The van der Waals surface area contributed by atoms with E-state index in [1.165, 1.54) is 12.7 Å². The van der Waals surface area contributed by atoms with Gasteiger partial charge in [0.05, 0.1) is 19.8 Å². The van der Waals surface area contributed by atoms with Crippen LogP contribution in [0.25, 0.3) is 0 Å². The minimum Gasteiger partial charge on any atom is -0.461 e. The molecule has 6 heteroatoms. The Morgan fingerprint density at radius 1 is 1.07 bits per heavy atom. The molecule has 0 aromatic carbocycles. The molecule has 0 saturated carbocycles. The summed E-state index contributed by atoms with van der Waals surface area (Å²) in [6.07, 6.45) is 2.77. The molecule has 0 unspecified atom stereocenters. The van der Waals surface area contributed by atoms with Crippen LogP contribution < -0.4 is 4.74 Å². The molecule has 1 aromatic heterocycles. The Morgan fingerprint density at radius 3 is 2.50 bits per heavy atom. The maximum Gasteiger partial charge on any atom is 0.319 e. The monoisotopic (exact) mass is 199 g/mol. The second-order valence-electron chi connectivity index (χ2n) is 2.37. The average Bonchev–Trinajstić information content (AvgIpc) is 2.25. The van der Waals surface area contributed by atoms with Crippen molar-refractivity contribution in [1.29, 1.82) is 0 Å². The summed E-state index contributed by atoms with van der Waals surface area (Å²) in [5.74, 6) is 0. The maximum absolute atomic E-state index is 5.17. The summed E-state index contributed by atoms with van der Waals surface area (Å²) in [5.41, 5.74) is 0. The summed E-state index contributed by atoms with van der Waals surface area (Å²) < 4.78 is 15.1. The largest absolute Gasteiger partial charge is 0.461 e. The molecule has 0 atom stereocenters. The van der Waals surface area contributed by atoms with Gasteiger partial charge in [-0.15, -0.1) is 0 Å². The highest BCUT2D eigenvalue weighted by molar-refractivity contribution is 4.86. The second kappa shape index (κ2) is 7.16. The number of hydrogen-bond donors (Lipinski definition) is 0. The van der Waals surface area contributed by atoms with Crippen molar-refractivity contribution in [2.24, 2.45) is 0 Å². The third-order valence-corrected chi connectivity index (χ3v) is 1.36. The molecular formula is C8H13N3O3. The van der Waals surface area contributed by atoms with Crippen molar-refractivity contribution in [2.45, 2.75) is 0 Å². The van der Waals surface area contributed by atoms with Crippen LogP contribution in [-0.4, -0.2) is 48.5 Å². The van der Waals surface area contributed by atoms with Gasteiger partial charge in [0.2, 0.25) is 0 Å². The second-order valence-corrected chi connectivity index (χ2v) is 2.37. The van der Waals surface area contributed by atoms with Crippen molar-refractivity contribution in [2.75, 3.05) is 33.5 Å². The molecule has 0 radical (unpaired) electrons. The molecule has 0 saturated heterocycles. The van der Waals surface area contributed by atoms with Crippen LogP contribution in [-0.2, 0) is 9.47 Å². The molecule has 6 nitrogen and oxygen atoms in total. The van der Waals surface area contributed by atoms with Gasteiger partial charge in [-0.1, -0.05) is 0 Å². The van der Waals surface area contributed by atoms with E-state index in [9.17, 15) is 0 Å². The first-order valence-electron chi connectivity index (χ1n) is 4.25. The minimum atomic E-state index is 0.315. The van der Waals surface area contributed by atoms with Crippen molar-refractivity contribution in [1.82, 2.24) is 15.0 Å². The number of aromatic nitrogens is 3. The molecule has 0 bridgehead atoms. The van der Waals surface area contributed by atoms with Gasteiger partial charge in [0, 0.05) is 7.11 Å². The van der Waals surface area contributed by atoms with Crippen LogP contribution >= 0.6 is 0 Å². The maximum atomic E-state index is 5.17. The summed E-state index contributed by atoms with van der Waals surface area (Å²) in [6.45, 7) is 2.07. The van der Waals surface area contributed by atoms with E-state index in [4.69, 9.17) is 14.2 Å². The highest BCUT2D eigenvalue weighted by Gasteiger charge is 1.94. The molecule has 0 fully saturated rings. The van der Waals surface area contributed by atoms with Crippen molar-refractivity contribution < 1.29 is 14.2 Å². The quantitative estimate of drug-likeness (QED) is 0.572. The Labute approximate surface area is 82.3 Å². The Balaban J connectivity index is 1.99. The molecule has 0 N–H and O–H groups in total. The van der Waals surface area contributed by atoms with Crippen molar-refractivity contribution in [3.05, 3.63) is 12.7 Å². The lowest BCUT2D eigenvalue weighted by Crippen LogP contribution is -2.11. The fourth-order valence-electron chi connectivity index (χ4n) is 0.739. The number of ether oxygens (including phenoxy) is 3. The summed E-state index contributed by atoms with van der Waals surface area (Å²) in [4.78, 5) is 11.2. The van der Waals surface area contributed by atoms with Gasteiger partial charge in [0.15, 0.2) is 0 Å². The summed E-state index contributed by atoms with van der Waals surface area (Å²) >= 11 is 0. The predicted octanol–water partition coefficient (Wildman–Crippen LogP) is -0.0866. The summed E-state index contributed by atoms with van der Waals surface area (Å²) in [7, 11) is 1.63. The zero-order valence-corrected chi connectivity index (χ0v) is 8.05. The van der Waals surface area contributed by atoms with Crippen LogP contribution in [0.1, 0.15) is 0 Å². The third kappa shape index (κ3) is 4.68. The molecular weight excluding hydrogens is 186 g/mol. The van der Waals surface area contributed by atoms with Crippen LogP contribution in [0.3, 0.4) is 0 Å². The molecule has 1 rings (SSSR count). The molecule has 0 amide bonds. The van der Waals surface area contributed by atoms with Crippen molar-refractivity contribution in [3.63, 3.8) is 0 Å². The molecule has 78 valence electrons. The Kier molecular flexibility index (Phi) is 5.53. The fourth-order valence-corrected chi connectivity index (χ4v) is 0.739. The van der Waals surface area contributed by atoms with Crippen LogP contribution in [0, 0.1) is 0 Å². The lowest BCUT2D eigenvalue weighted by Gasteiger charge is -2.04. The van der Waals surface area contributed by atoms with Gasteiger partial charge in [-0.3, -0.25) is 0 Å². The molecule has 0 aliphatic rings. The van der Waals surface area contributed by atoms with E-state index in [1.54, 1.807) is 7.11 Å². The lowest BCUT2D eigenvalue weighted by atomic mass is 10.7. The SMILES string of the molecule is COCCOCCOc1ncncn1. The zero-order chi connectivity index (χ0) is 10.1. The van der Waals surface area contributed by atoms with Gasteiger partial charge in [0.25, 0.3) is 0 Å². The first-order chi connectivity index (χ1) is 6.93. The van der Waals surface area contributed by atoms with Gasteiger partial charge in [-0.05, 0) is 0 Å². The third-order valence-electron chi connectivity index (χ3n) is 1.36. The average molecular weight is 199 g/mol. The Hall–Kier alpha value is -1.27. The molecule has 0 aliphatic heterocycles. The highest BCUT2D eigenvalue weighted by Crippen LogP contribution is 1.94. The van der Waals surface area contributed by atoms with Crippen LogP contribution in [0.5, 0.6) is 6.01 Å². The van der Waals surface area contributed by atoms with E-state index >= 15 is 0 Å². The van der Waals surface area contributed by atoms with Crippen molar-refractivity contribution >= 4 is 0 Å². The zero-order valence-electron chi connectivity index (χ0n) is 8.05. The van der Waals surface area contributed by atoms with Crippen LogP contribution in [0.15, 0.2) is 12.7 Å². The van der Waals surface area contributed by atoms with Gasteiger partial charge in [-0.2, -0.15) is 9.97 Å². The van der Waals surface area contributed by atoms with E-state index in [0.29, 0.717) is 32.4 Å². The molecule has 14 heavy (non-hydrogen) atoms. The van der Waals surface area contributed by atoms with E-state index in [2.05, 4.69) is 15.0 Å². The highest BCUT2D eigenvalue weighted by atomic mass is 16.5. The first kappa shape index (κ1) is 10.8. The number of hydrogen-bond acceptors (Lipinski definition) is 6. The number of nitrogens with zero attached hydrogens (tertiary/aromatic N) is 3. The Morgan fingerprint density at radius 2 is 1.79 bits per heavy atom. The van der Waals surface area contributed by atoms with E-state index < -0.39 is 0 Å². The number of rotatable bonds is 7. The summed E-state index contributed by atoms with van der Waals surface area (Å²) in [6, 6.07) is 0.315. The van der Waals surface area contributed by atoms with Crippen molar-refractivity contribution in [3.8, 4) is 6.01 Å². The van der Waals surface area contributed by atoms with Gasteiger partial charge < -0.3 is 14.2 Å². The van der Waals surface area contributed by atoms with E-state index in [-0.39, 0.29) is 0 Å². The van der Waals surface area contributed by atoms with Gasteiger partial charge >= 0.3 is 6.01 Å². The topological polar surface area (TPSA) is 66.4 Å². The van der Waals surface area contributed by atoms with Gasteiger partial charge in [-0.25, -0.2) is 4.98 Å². The fraction of sp³-hybridized carbons (Fsp3) is 0.625. The molecule has 0 spiro atoms. The lowest BCUT2D eigenvalue weighted by molar-refractivity contribution is 0.0528. The summed E-state index contributed by atoms with van der Waals surface area (Å²) in [5, 5.41) is 0. The van der Waals surface area contributed by atoms with Gasteiger partial charge in [0.1, 0.15) is 19.3 Å². The van der Waals surface area contributed by atoms with Crippen LogP contribution in [0.2, 0.25) is 0 Å². The standard InChI is InChI=1S/C8H13N3O3/c1-12-2-3-13-4-5-14-8-10-6-9-7-11-8/h6-7H,2-5H2,1H3. The molecule has 0 aliphatic carbocycles. The molecule has 1 heterocycles. The first-order valence-corrected chi connectivity index (χ1v) is 4.25. The molecule has 1 aromatic rings. The smallest absolute Gasteiger partial charge is 0.319 e. The Bertz CT molecular complexity index is 233. The number of methoxy groups -OCH3 is 1. The minimum absolute atomic E-state index is 0.315. The van der Waals surface area contributed by atoms with E-state index in [1.807, 2.05) is 0 Å². The van der Waals surface area contributed by atoms with E-state index in [0.717, 1.165) is 0 Å². The predicted molar refractivity (Wildman–Crippen MR) is 48.0 cm³/mol. The van der Waals surface area contributed by atoms with Crippen LogP contribution in [0.4, 0.5) is 0 Å². The normalized spacial score (nSPS) is 10.1.